The molecular formula is C20H32N4O4S. The second-order valence-corrected chi connectivity index (χ2v) is 10.1. The number of amides is 1. The van der Waals surface area contributed by atoms with Crippen LogP contribution < -0.4 is 20.9 Å². The van der Waals surface area contributed by atoms with E-state index in [0.717, 1.165) is 24.9 Å². The van der Waals surface area contributed by atoms with Crippen molar-refractivity contribution in [2.45, 2.75) is 56.9 Å². The van der Waals surface area contributed by atoms with E-state index in [1.807, 2.05) is 32.0 Å². The van der Waals surface area contributed by atoms with Gasteiger partial charge in [0.1, 0.15) is 11.0 Å². The van der Waals surface area contributed by atoms with Crippen molar-refractivity contribution in [2.75, 3.05) is 25.5 Å². The molecule has 2 unspecified atom stereocenters. The summed E-state index contributed by atoms with van der Waals surface area (Å²) in [6.07, 6.45) is 2.78. The third-order valence-corrected chi connectivity index (χ3v) is 8.52. The Morgan fingerprint density at radius 1 is 1.21 bits per heavy atom. The van der Waals surface area contributed by atoms with Gasteiger partial charge >= 0.3 is 0 Å². The van der Waals surface area contributed by atoms with E-state index < -0.39 is 15.3 Å². The minimum absolute atomic E-state index is 0.0286. The first kappa shape index (κ1) is 22.0. The van der Waals surface area contributed by atoms with Crippen LogP contribution in [0.25, 0.3) is 0 Å². The minimum atomic E-state index is -3.34. The smallest absolute Gasteiger partial charge is 0.224 e. The lowest BCUT2D eigenvalue weighted by molar-refractivity contribution is -0.116. The van der Waals surface area contributed by atoms with Crippen molar-refractivity contribution in [3.05, 3.63) is 24.3 Å². The zero-order valence-electron chi connectivity index (χ0n) is 17.3. The highest BCUT2D eigenvalue weighted by atomic mass is 32.2. The Kier molecular flexibility index (Phi) is 7.15. The number of ether oxygens (including phenoxy) is 1. The lowest BCUT2D eigenvalue weighted by Gasteiger charge is -2.34. The molecule has 29 heavy (non-hydrogen) atoms. The van der Waals surface area contributed by atoms with Crippen LogP contribution in [-0.4, -0.2) is 56.2 Å². The predicted molar refractivity (Wildman–Crippen MR) is 113 cm³/mol. The number of piperidine rings is 1. The fourth-order valence-electron chi connectivity index (χ4n) is 4.26. The van der Waals surface area contributed by atoms with Gasteiger partial charge in [-0.15, -0.1) is 0 Å². The number of anilines is 1. The van der Waals surface area contributed by atoms with E-state index in [1.54, 1.807) is 17.5 Å². The zero-order valence-corrected chi connectivity index (χ0v) is 18.2. The van der Waals surface area contributed by atoms with Crippen LogP contribution in [0.1, 0.15) is 39.5 Å². The molecule has 0 saturated carbocycles. The summed E-state index contributed by atoms with van der Waals surface area (Å²) in [6, 6.07) is 7.05. The summed E-state index contributed by atoms with van der Waals surface area (Å²) < 4.78 is 32.8. The van der Waals surface area contributed by atoms with Crippen LogP contribution in [0.4, 0.5) is 5.69 Å². The van der Waals surface area contributed by atoms with Gasteiger partial charge in [0.15, 0.2) is 0 Å². The Bertz CT molecular complexity index is 798. The summed E-state index contributed by atoms with van der Waals surface area (Å²) in [4.78, 5) is 12.3. The highest BCUT2D eigenvalue weighted by molar-refractivity contribution is 7.89. The molecule has 2 heterocycles. The largest absolute Gasteiger partial charge is 0.497 e. The molecule has 1 aromatic rings. The van der Waals surface area contributed by atoms with Crippen LogP contribution in [0, 0.1) is 5.92 Å². The van der Waals surface area contributed by atoms with Crippen molar-refractivity contribution in [2.24, 2.45) is 5.92 Å². The highest BCUT2D eigenvalue weighted by Gasteiger charge is 2.44. The summed E-state index contributed by atoms with van der Waals surface area (Å²) in [5.74, 6) is 1.04. The minimum Gasteiger partial charge on any atom is -0.497 e. The highest BCUT2D eigenvalue weighted by Crippen LogP contribution is 2.28. The Morgan fingerprint density at radius 3 is 2.48 bits per heavy atom. The number of hydrazine groups is 1. The maximum Gasteiger partial charge on any atom is 0.224 e. The monoisotopic (exact) mass is 424 g/mol. The average Bonchev–Trinajstić information content (AvgIpc) is 3.05. The summed E-state index contributed by atoms with van der Waals surface area (Å²) in [5.41, 5.74) is 6.77. The van der Waals surface area contributed by atoms with E-state index in [0.29, 0.717) is 31.2 Å². The van der Waals surface area contributed by atoms with Gasteiger partial charge in [-0.05, 0) is 51.2 Å². The van der Waals surface area contributed by atoms with Crippen LogP contribution in [-0.2, 0) is 14.8 Å². The number of carbonyl (C=O) groups is 1. The lowest BCUT2D eigenvalue weighted by atomic mass is 9.93. The van der Waals surface area contributed by atoms with Gasteiger partial charge in [-0.1, -0.05) is 6.07 Å². The molecule has 2 fully saturated rings. The number of nitrogens with zero attached hydrogens (tertiary/aromatic N) is 1. The van der Waals surface area contributed by atoms with E-state index in [4.69, 9.17) is 4.74 Å². The topological polar surface area (TPSA) is 99.8 Å². The summed E-state index contributed by atoms with van der Waals surface area (Å²) >= 11 is 0. The van der Waals surface area contributed by atoms with Crippen molar-refractivity contribution in [3.63, 3.8) is 0 Å². The molecule has 0 radical (unpaired) electrons. The van der Waals surface area contributed by atoms with Crippen molar-refractivity contribution >= 4 is 21.6 Å². The van der Waals surface area contributed by atoms with Gasteiger partial charge in [-0.2, -0.15) is 0 Å². The number of hydrogen-bond acceptors (Lipinski definition) is 6. The second kappa shape index (κ2) is 9.42. The van der Waals surface area contributed by atoms with Gasteiger partial charge < -0.3 is 10.1 Å². The first-order chi connectivity index (χ1) is 13.8. The van der Waals surface area contributed by atoms with Crippen LogP contribution in [0.5, 0.6) is 5.75 Å². The van der Waals surface area contributed by atoms with Gasteiger partial charge in [-0.25, -0.2) is 12.7 Å². The van der Waals surface area contributed by atoms with Crippen molar-refractivity contribution in [3.8, 4) is 5.75 Å². The van der Waals surface area contributed by atoms with E-state index in [9.17, 15) is 13.2 Å². The maximum absolute atomic E-state index is 13.0. The Hall–Kier alpha value is -1.68. The SMILES string of the molecule is COc1cccc(NC(=O)CCC2CCN(S(=O)(=O)C3C(C)NNC3C)CC2)c1. The third-order valence-electron chi connectivity index (χ3n) is 5.93. The van der Waals surface area contributed by atoms with E-state index in [2.05, 4.69) is 16.2 Å². The summed E-state index contributed by atoms with van der Waals surface area (Å²) in [5, 5.41) is 2.45. The van der Waals surface area contributed by atoms with E-state index >= 15 is 0 Å². The molecule has 2 aliphatic heterocycles. The zero-order chi connectivity index (χ0) is 21.0. The van der Waals surface area contributed by atoms with Crippen molar-refractivity contribution in [1.29, 1.82) is 0 Å². The van der Waals surface area contributed by atoms with Gasteiger partial charge in [-0.3, -0.25) is 15.6 Å². The van der Waals surface area contributed by atoms with E-state index in [-0.39, 0.29) is 18.0 Å². The molecule has 1 aromatic carbocycles. The molecule has 2 saturated heterocycles. The number of sulfonamides is 1. The Balaban J connectivity index is 1.45. The predicted octanol–water partition coefficient (Wildman–Crippen LogP) is 1.71. The number of rotatable bonds is 7. The fraction of sp³-hybridized carbons (Fsp3) is 0.650. The second-order valence-electron chi connectivity index (χ2n) is 8.04. The maximum atomic E-state index is 13.0. The number of benzene rings is 1. The van der Waals surface area contributed by atoms with Crippen LogP contribution >= 0.6 is 0 Å². The van der Waals surface area contributed by atoms with Crippen LogP contribution in [0.3, 0.4) is 0 Å². The van der Waals surface area contributed by atoms with Crippen LogP contribution in [0.15, 0.2) is 24.3 Å². The van der Waals surface area contributed by atoms with Crippen LogP contribution in [0.2, 0.25) is 0 Å². The first-order valence-corrected chi connectivity index (χ1v) is 11.8. The van der Waals surface area contributed by atoms with E-state index in [1.165, 1.54) is 0 Å². The van der Waals surface area contributed by atoms with Gasteiger partial charge in [0.25, 0.3) is 0 Å². The number of hydrogen-bond donors (Lipinski definition) is 3. The molecular weight excluding hydrogens is 392 g/mol. The summed E-state index contributed by atoms with van der Waals surface area (Å²) in [7, 11) is -1.75. The summed E-state index contributed by atoms with van der Waals surface area (Å²) in [6.45, 7) is 4.85. The molecule has 3 rings (SSSR count). The molecule has 0 aromatic heterocycles. The number of carbonyl (C=O) groups excluding carboxylic acids is 1. The first-order valence-electron chi connectivity index (χ1n) is 10.2. The average molecular weight is 425 g/mol. The molecule has 2 atom stereocenters. The molecule has 8 nitrogen and oxygen atoms in total. The molecule has 0 aliphatic carbocycles. The third kappa shape index (κ3) is 5.28. The molecule has 9 heteroatoms. The van der Waals surface area contributed by atoms with Gasteiger partial charge in [0, 0.05) is 43.3 Å². The molecule has 0 spiro atoms. The molecule has 1 amide bonds. The quantitative estimate of drug-likeness (QED) is 0.616. The molecule has 0 bridgehead atoms. The van der Waals surface area contributed by atoms with Crippen molar-refractivity contribution in [1.82, 2.24) is 15.2 Å². The van der Waals surface area contributed by atoms with Crippen molar-refractivity contribution < 1.29 is 17.9 Å². The van der Waals surface area contributed by atoms with Gasteiger partial charge in [0.05, 0.1) is 7.11 Å². The van der Waals surface area contributed by atoms with Gasteiger partial charge in [0.2, 0.25) is 15.9 Å². The standard InChI is InChI=1S/C20H32N4O4S/c1-14-20(15(2)23-22-14)29(26,27)24-11-9-16(10-12-24)7-8-19(25)21-17-5-4-6-18(13-17)28-3/h4-6,13-16,20,22-23H,7-12H2,1-3H3,(H,21,25). The molecule has 2 aliphatic rings. The normalized spacial score (nSPS) is 26.4. The Labute approximate surface area is 173 Å². The number of nitrogens with one attached hydrogen (secondary N) is 3. The fourth-order valence-corrected chi connectivity index (χ4v) is 6.49. The molecule has 3 N–H and O–H groups in total. The Morgan fingerprint density at radius 2 is 1.86 bits per heavy atom. The lowest BCUT2D eigenvalue weighted by Crippen LogP contribution is -2.49. The number of methoxy groups -OCH3 is 1. The molecule has 162 valence electrons.